The molecule has 150 valence electrons. The second-order valence-corrected chi connectivity index (χ2v) is 8.71. The number of fused-ring (bicyclic) bond motifs is 1. The zero-order valence-corrected chi connectivity index (χ0v) is 17.7. The Labute approximate surface area is 179 Å². The van der Waals surface area contributed by atoms with Crippen LogP contribution in [-0.2, 0) is 7.05 Å². The highest BCUT2D eigenvalue weighted by molar-refractivity contribution is 7.99. The normalized spacial score (nSPS) is 19.4. The molecule has 0 aliphatic heterocycles. The van der Waals surface area contributed by atoms with Crippen molar-refractivity contribution in [2.45, 2.75) is 22.1 Å². The summed E-state index contributed by atoms with van der Waals surface area (Å²) in [5, 5.41) is -0.0579. The van der Waals surface area contributed by atoms with Gasteiger partial charge in [0.2, 0.25) is 0 Å². The van der Waals surface area contributed by atoms with Crippen LogP contribution in [0.5, 0.6) is 0 Å². The van der Waals surface area contributed by atoms with E-state index in [2.05, 4.69) is 4.98 Å². The van der Waals surface area contributed by atoms with Crippen molar-refractivity contribution in [3.63, 3.8) is 0 Å². The van der Waals surface area contributed by atoms with Crippen LogP contribution < -0.4 is 5.56 Å². The maximum absolute atomic E-state index is 14.0. The summed E-state index contributed by atoms with van der Waals surface area (Å²) in [5.41, 5.74) is 1.01. The number of hydrogen-bond acceptors (Lipinski definition) is 3. The van der Waals surface area contributed by atoms with Crippen molar-refractivity contribution in [3.8, 4) is 0 Å². The number of allylic oxidation sites excluding steroid dienone is 4. The van der Waals surface area contributed by atoms with Crippen molar-refractivity contribution in [2.24, 2.45) is 13.0 Å². The molecule has 0 amide bonds. The lowest BCUT2D eigenvalue weighted by Crippen LogP contribution is -2.22. The fourth-order valence-corrected chi connectivity index (χ4v) is 4.67. The zero-order chi connectivity index (χ0) is 20.9. The van der Waals surface area contributed by atoms with Gasteiger partial charge in [0.1, 0.15) is 11.6 Å². The number of nitrogens with zero attached hydrogens (tertiary/aromatic N) is 3. The Morgan fingerprint density at radius 2 is 2.03 bits per heavy atom. The second kappa shape index (κ2) is 7.63. The summed E-state index contributed by atoms with van der Waals surface area (Å²) in [5.74, 6) is -1.30. The van der Waals surface area contributed by atoms with Crippen molar-refractivity contribution in [2.75, 3.05) is 0 Å². The van der Waals surface area contributed by atoms with Crippen LogP contribution in [0.3, 0.4) is 0 Å². The molecule has 1 aliphatic carbocycles. The van der Waals surface area contributed by atoms with E-state index in [-0.39, 0.29) is 16.4 Å². The molecule has 0 bridgehead atoms. The standard InChI is InChI=1S/C20H15Cl2F2N3OS/c1-10-3-5-13(21)16(18(10)22)17-19-25-8-12(9-27(19)26(2)20(17)28)29-15-6-4-11(23)7-14(15)24/h3-10,18H,1-2H3. The molecule has 0 saturated carbocycles. The van der Waals surface area contributed by atoms with E-state index >= 15 is 0 Å². The topological polar surface area (TPSA) is 39.3 Å². The number of hydrogen-bond donors (Lipinski definition) is 0. The molecule has 3 aromatic rings. The van der Waals surface area contributed by atoms with Gasteiger partial charge < -0.3 is 0 Å². The van der Waals surface area contributed by atoms with Crippen molar-refractivity contribution in [1.82, 2.24) is 14.2 Å². The van der Waals surface area contributed by atoms with Crippen molar-refractivity contribution in [3.05, 3.63) is 75.3 Å². The highest BCUT2D eigenvalue weighted by Gasteiger charge is 2.30. The summed E-state index contributed by atoms with van der Waals surface area (Å²) >= 11 is 14.0. The van der Waals surface area contributed by atoms with Gasteiger partial charge in [-0.2, -0.15) is 0 Å². The first kappa shape index (κ1) is 20.2. The number of aryl methyl sites for hydroxylation is 1. The summed E-state index contributed by atoms with van der Waals surface area (Å²) < 4.78 is 30.1. The first-order chi connectivity index (χ1) is 13.8. The van der Waals surface area contributed by atoms with Gasteiger partial charge in [0.25, 0.3) is 5.56 Å². The minimum absolute atomic E-state index is 0.00472. The molecule has 29 heavy (non-hydrogen) atoms. The lowest BCUT2D eigenvalue weighted by Gasteiger charge is -2.22. The fraction of sp³-hybridized carbons (Fsp3) is 0.200. The monoisotopic (exact) mass is 453 g/mol. The Hall–Kier alpha value is -2.09. The van der Waals surface area contributed by atoms with Crippen LogP contribution in [0.2, 0.25) is 0 Å². The van der Waals surface area contributed by atoms with E-state index in [4.69, 9.17) is 23.2 Å². The minimum Gasteiger partial charge on any atom is -0.267 e. The van der Waals surface area contributed by atoms with E-state index in [1.165, 1.54) is 23.0 Å². The predicted octanol–water partition coefficient (Wildman–Crippen LogP) is 5.23. The molecule has 2 atom stereocenters. The number of rotatable bonds is 3. The molecule has 0 N–H and O–H groups in total. The molecular weight excluding hydrogens is 439 g/mol. The quantitative estimate of drug-likeness (QED) is 0.509. The third-order valence-electron chi connectivity index (χ3n) is 4.77. The van der Waals surface area contributed by atoms with Crippen molar-refractivity contribution in [1.29, 1.82) is 0 Å². The zero-order valence-electron chi connectivity index (χ0n) is 15.4. The molecule has 0 radical (unpaired) electrons. The average Bonchev–Trinajstić information content (AvgIpc) is 2.92. The van der Waals surface area contributed by atoms with Crippen molar-refractivity contribution < 1.29 is 8.78 Å². The van der Waals surface area contributed by atoms with Gasteiger partial charge >= 0.3 is 0 Å². The Morgan fingerprint density at radius 1 is 1.28 bits per heavy atom. The fourth-order valence-electron chi connectivity index (χ4n) is 3.21. The van der Waals surface area contributed by atoms with Gasteiger partial charge in [-0.3, -0.25) is 4.79 Å². The molecule has 2 unspecified atom stereocenters. The van der Waals surface area contributed by atoms with E-state index in [1.807, 2.05) is 13.0 Å². The van der Waals surface area contributed by atoms with Crippen LogP contribution in [0.4, 0.5) is 8.78 Å². The van der Waals surface area contributed by atoms with Gasteiger partial charge in [-0.1, -0.05) is 36.4 Å². The lowest BCUT2D eigenvalue weighted by molar-refractivity contribution is 0.565. The molecule has 9 heteroatoms. The van der Waals surface area contributed by atoms with Crippen LogP contribution in [0, 0.1) is 17.6 Å². The SMILES string of the molecule is CC1C=CC(Cl)=C(c2c(=O)n(C)n3cc(Sc4ccc(F)cc4F)cnc23)C1Cl. The summed E-state index contributed by atoms with van der Waals surface area (Å²) in [6.07, 6.45) is 6.84. The molecule has 2 aromatic heterocycles. The molecule has 0 fully saturated rings. The molecule has 2 heterocycles. The van der Waals surface area contributed by atoms with Gasteiger partial charge in [-0.15, -0.1) is 11.6 Å². The minimum atomic E-state index is -0.665. The van der Waals surface area contributed by atoms with Crippen LogP contribution in [-0.4, -0.2) is 19.6 Å². The van der Waals surface area contributed by atoms with Crippen LogP contribution in [0.15, 0.2) is 62.4 Å². The van der Waals surface area contributed by atoms with Gasteiger partial charge in [0, 0.05) is 45.9 Å². The number of halogens is 4. The lowest BCUT2D eigenvalue weighted by atomic mass is 9.91. The van der Waals surface area contributed by atoms with Gasteiger partial charge in [0.15, 0.2) is 5.65 Å². The number of aromatic nitrogens is 3. The van der Waals surface area contributed by atoms with E-state index in [0.29, 0.717) is 26.7 Å². The smallest absolute Gasteiger partial charge is 0.267 e. The first-order valence-corrected chi connectivity index (χ1v) is 10.3. The third kappa shape index (κ3) is 3.52. The van der Waals surface area contributed by atoms with Gasteiger partial charge in [0.05, 0.1) is 10.9 Å². The first-order valence-electron chi connectivity index (χ1n) is 8.70. The Bertz CT molecular complexity index is 1250. The van der Waals surface area contributed by atoms with E-state index in [1.54, 1.807) is 23.8 Å². The molecular formula is C20H15Cl2F2N3OS. The van der Waals surface area contributed by atoms with Crippen LogP contribution in [0.1, 0.15) is 12.5 Å². The van der Waals surface area contributed by atoms with Gasteiger partial charge in [-0.05, 0) is 24.1 Å². The molecule has 1 aliphatic rings. The summed E-state index contributed by atoms with van der Waals surface area (Å²) in [6.45, 7) is 1.94. The van der Waals surface area contributed by atoms with E-state index in [0.717, 1.165) is 17.8 Å². The molecule has 0 saturated heterocycles. The largest absolute Gasteiger partial charge is 0.276 e. The molecule has 1 aromatic carbocycles. The Balaban J connectivity index is 1.83. The molecule has 4 nitrogen and oxygen atoms in total. The Kier molecular flexibility index (Phi) is 5.31. The predicted molar refractivity (Wildman–Crippen MR) is 112 cm³/mol. The highest BCUT2D eigenvalue weighted by atomic mass is 35.5. The second-order valence-electron chi connectivity index (χ2n) is 6.72. The number of alkyl halides is 1. The average molecular weight is 454 g/mol. The third-order valence-corrected chi connectivity index (χ3v) is 6.71. The number of benzene rings is 1. The summed E-state index contributed by atoms with van der Waals surface area (Å²) in [6, 6.07) is 3.37. The maximum atomic E-state index is 14.0. The van der Waals surface area contributed by atoms with E-state index < -0.39 is 17.0 Å². The van der Waals surface area contributed by atoms with Crippen LogP contribution in [0.25, 0.3) is 11.2 Å². The Morgan fingerprint density at radius 3 is 2.76 bits per heavy atom. The highest BCUT2D eigenvalue weighted by Crippen LogP contribution is 2.38. The van der Waals surface area contributed by atoms with E-state index in [9.17, 15) is 13.6 Å². The molecule has 4 rings (SSSR count). The maximum Gasteiger partial charge on any atom is 0.276 e. The summed E-state index contributed by atoms with van der Waals surface area (Å²) in [4.78, 5) is 18.2. The van der Waals surface area contributed by atoms with Crippen LogP contribution >= 0.6 is 35.0 Å². The van der Waals surface area contributed by atoms with Gasteiger partial charge in [-0.25, -0.2) is 23.0 Å². The van der Waals surface area contributed by atoms with Crippen molar-refractivity contribution >= 4 is 46.2 Å². The molecule has 0 spiro atoms. The summed E-state index contributed by atoms with van der Waals surface area (Å²) in [7, 11) is 1.60.